The van der Waals surface area contributed by atoms with Crippen molar-refractivity contribution in [2.24, 2.45) is 0 Å². The van der Waals surface area contributed by atoms with Gasteiger partial charge in [0.2, 0.25) is 0 Å². The molecule has 0 unspecified atom stereocenters. The molecule has 0 radical (unpaired) electrons. The van der Waals surface area contributed by atoms with Crippen LogP contribution in [0, 0.1) is 13.8 Å². The second kappa shape index (κ2) is 5.83. The predicted octanol–water partition coefficient (Wildman–Crippen LogP) is 3.28. The van der Waals surface area contributed by atoms with E-state index < -0.39 is 0 Å². The van der Waals surface area contributed by atoms with Crippen molar-refractivity contribution in [2.45, 2.75) is 59.9 Å². The van der Waals surface area contributed by atoms with Crippen molar-refractivity contribution in [1.29, 1.82) is 0 Å². The van der Waals surface area contributed by atoms with Gasteiger partial charge in [0.1, 0.15) is 0 Å². The highest BCUT2D eigenvalue weighted by atomic mass is 16.1. The minimum Gasteiger partial charge on any atom is -0.294 e. The molecule has 1 aromatic rings. The van der Waals surface area contributed by atoms with Crippen LogP contribution in [0.15, 0.2) is 0 Å². The number of rotatable bonds is 6. The molecule has 1 heterocycles. The molecule has 16 heavy (non-hydrogen) atoms. The zero-order valence-electron chi connectivity index (χ0n) is 10.8. The Balaban J connectivity index is 2.84. The molecule has 0 aliphatic heterocycles. The van der Waals surface area contributed by atoms with Gasteiger partial charge in [0.05, 0.1) is 11.3 Å². The van der Waals surface area contributed by atoms with Crippen molar-refractivity contribution >= 4 is 5.78 Å². The Morgan fingerprint density at radius 3 is 2.50 bits per heavy atom. The zero-order chi connectivity index (χ0) is 12.1. The highest BCUT2D eigenvalue weighted by molar-refractivity contribution is 5.97. The summed E-state index contributed by atoms with van der Waals surface area (Å²) >= 11 is 0. The number of unbranched alkanes of at least 4 members (excludes halogenated alkanes) is 2. The van der Waals surface area contributed by atoms with E-state index in [1.54, 1.807) is 0 Å². The number of nitrogens with zero attached hydrogens (tertiary/aromatic N) is 2. The molecular weight excluding hydrogens is 200 g/mol. The minimum atomic E-state index is 0.205. The van der Waals surface area contributed by atoms with E-state index >= 15 is 0 Å². The van der Waals surface area contributed by atoms with E-state index in [1.165, 1.54) is 12.8 Å². The third-order valence-corrected chi connectivity index (χ3v) is 2.95. The molecule has 0 aliphatic rings. The summed E-state index contributed by atoms with van der Waals surface area (Å²) in [4.78, 5) is 11.7. The van der Waals surface area contributed by atoms with Gasteiger partial charge in [0, 0.05) is 18.7 Å². The van der Waals surface area contributed by atoms with Crippen LogP contribution in [-0.2, 0) is 6.54 Å². The summed E-state index contributed by atoms with van der Waals surface area (Å²) < 4.78 is 1.98. The van der Waals surface area contributed by atoms with Gasteiger partial charge in [-0.15, -0.1) is 0 Å². The molecule has 3 heteroatoms. The van der Waals surface area contributed by atoms with Gasteiger partial charge in [0.15, 0.2) is 5.78 Å². The fourth-order valence-corrected chi connectivity index (χ4v) is 2.01. The molecule has 0 amide bonds. The molecule has 0 atom stereocenters. The first-order chi connectivity index (χ1) is 7.61. The molecular formula is C13H22N2O. The van der Waals surface area contributed by atoms with Crippen LogP contribution in [0.3, 0.4) is 0 Å². The number of aryl methyl sites for hydroxylation is 2. The third kappa shape index (κ3) is 2.71. The summed E-state index contributed by atoms with van der Waals surface area (Å²) in [6.07, 6.45) is 4.12. The molecule has 1 aromatic heterocycles. The van der Waals surface area contributed by atoms with Crippen LogP contribution in [0.1, 0.15) is 61.3 Å². The first-order valence-electron chi connectivity index (χ1n) is 6.19. The number of hydrogen-bond acceptors (Lipinski definition) is 2. The monoisotopic (exact) mass is 222 g/mol. The fraction of sp³-hybridized carbons (Fsp3) is 0.692. The Morgan fingerprint density at radius 1 is 1.25 bits per heavy atom. The Kier molecular flexibility index (Phi) is 4.71. The average molecular weight is 222 g/mol. The minimum absolute atomic E-state index is 0.205. The molecule has 90 valence electrons. The Morgan fingerprint density at radius 2 is 1.94 bits per heavy atom. The van der Waals surface area contributed by atoms with Crippen LogP contribution in [0.5, 0.6) is 0 Å². The van der Waals surface area contributed by atoms with Crippen LogP contribution in [0.25, 0.3) is 0 Å². The lowest BCUT2D eigenvalue weighted by molar-refractivity contribution is 0.0987. The number of carbonyl (C=O) groups excluding carboxylic acids is 1. The summed E-state index contributed by atoms with van der Waals surface area (Å²) in [6, 6.07) is 0. The number of Topliss-reactive ketones (excluding diaryl/α,β-unsaturated/α-hetero) is 1. The van der Waals surface area contributed by atoms with E-state index in [1.807, 2.05) is 25.5 Å². The van der Waals surface area contributed by atoms with Gasteiger partial charge in [-0.1, -0.05) is 26.7 Å². The van der Waals surface area contributed by atoms with E-state index in [-0.39, 0.29) is 5.78 Å². The van der Waals surface area contributed by atoms with Crippen LogP contribution in [-0.4, -0.2) is 15.6 Å². The summed E-state index contributed by atoms with van der Waals surface area (Å²) in [5, 5.41) is 4.45. The van der Waals surface area contributed by atoms with Gasteiger partial charge in [0.25, 0.3) is 0 Å². The highest BCUT2D eigenvalue weighted by Crippen LogP contribution is 2.15. The molecule has 1 rings (SSSR count). The molecule has 0 saturated heterocycles. The molecule has 3 nitrogen and oxygen atoms in total. The van der Waals surface area contributed by atoms with Gasteiger partial charge in [-0.2, -0.15) is 5.10 Å². The van der Waals surface area contributed by atoms with Gasteiger partial charge in [-0.3, -0.25) is 9.48 Å². The maximum atomic E-state index is 11.7. The molecule has 0 saturated carbocycles. The van der Waals surface area contributed by atoms with E-state index in [2.05, 4.69) is 12.0 Å². The summed E-state index contributed by atoms with van der Waals surface area (Å²) in [5.74, 6) is 0.205. The molecule has 0 N–H and O–H groups in total. The van der Waals surface area contributed by atoms with Crippen molar-refractivity contribution in [3.05, 3.63) is 17.0 Å². The van der Waals surface area contributed by atoms with E-state index in [0.717, 1.165) is 29.9 Å². The second-order valence-electron chi connectivity index (χ2n) is 4.25. The quantitative estimate of drug-likeness (QED) is 0.547. The molecule has 0 fully saturated rings. The second-order valence-corrected chi connectivity index (χ2v) is 4.25. The maximum absolute atomic E-state index is 11.7. The first kappa shape index (κ1) is 12.9. The first-order valence-corrected chi connectivity index (χ1v) is 6.19. The lowest BCUT2D eigenvalue weighted by Crippen LogP contribution is -2.04. The summed E-state index contributed by atoms with van der Waals surface area (Å²) in [7, 11) is 0. The normalized spacial score (nSPS) is 10.8. The topological polar surface area (TPSA) is 34.9 Å². The molecule has 0 aliphatic carbocycles. The van der Waals surface area contributed by atoms with Crippen molar-refractivity contribution < 1.29 is 4.79 Å². The lowest BCUT2D eigenvalue weighted by atomic mass is 10.1. The average Bonchev–Trinajstić information content (AvgIpc) is 2.54. The Hall–Kier alpha value is -1.12. The Bertz CT molecular complexity index is 366. The van der Waals surface area contributed by atoms with E-state index in [9.17, 15) is 4.79 Å². The van der Waals surface area contributed by atoms with Gasteiger partial charge in [-0.05, 0) is 20.3 Å². The van der Waals surface area contributed by atoms with Gasteiger partial charge < -0.3 is 0 Å². The molecule has 0 bridgehead atoms. The predicted molar refractivity (Wildman–Crippen MR) is 65.8 cm³/mol. The number of carbonyl (C=O) groups is 1. The highest BCUT2D eigenvalue weighted by Gasteiger charge is 2.16. The summed E-state index contributed by atoms with van der Waals surface area (Å²) in [5.41, 5.74) is 2.74. The van der Waals surface area contributed by atoms with Gasteiger partial charge >= 0.3 is 0 Å². The third-order valence-electron chi connectivity index (χ3n) is 2.95. The van der Waals surface area contributed by atoms with Crippen molar-refractivity contribution in [2.75, 3.05) is 0 Å². The largest absolute Gasteiger partial charge is 0.294 e. The van der Waals surface area contributed by atoms with E-state index in [4.69, 9.17) is 0 Å². The summed E-state index contributed by atoms with van der Waals surface area (Å²) in [6.45, 7) is 8.93. The van der Waals surface area contributed by atoms with Crippen LogP contribution in [0.4, 0.5) is 0 Å². The van der Waals surface area contributed by atoms with Crippen molar-refractivity contribution in [3.63, 3.8) is 0 Å². The number of aromatic nitrogens is 2. The molecule has 0 aromatic carbocycles. The van der Waals surface area contributed by atoms with Gasteiger partial charge in [-0.25, -0.2) is 0 Å². The number of ketones is 1. The fourth-order valence-electron chi connectivity index (χ4n) is 2.01. The maximum Gasteiger partial charge on any atom is 0.166 e. The smallest absolute Gasteiger partial charge is 0.166 e. The van der Waals surface area contributed by atoms with Crippen molar-refractivity contribution in [3.8, 4) is 0 Å². The SMILES string of the molecule is CCCCCn1nc(C)c(C(=O)CC)c1C. The van der Waals surface area contributed by atoms with Crippen LogP contribution in [0.2, 0.25) is 0 Å². The Labute approximate surface area is 97.8 Å². The van der Waals surface area contributed by atoms with E-state index in [0.29, 0.717) is 6.42 Å². The number of hydrogen-bond donors (Lipinski definition) is 0. The zero-order valence-corrected chi connectivity index (χ0v) is 10.8. The standard InChI is InChI=1S/C13H22N2O/c1-5-7-8-9-15-11(4)13(10(3)14-15)12(16)6-2/h5-9H2,1-4H3. The van der Waals surface area contributed by atoms with Crippen molar-refractivity contribution in [1.82, 2.24) is 9.78 Å². The van der Waals surface area contributed by atoms with Crippen LogP contribution < -0.4 is 0 Å². The lowest BCUT2D eigenvalue weighted by Gasteiger charge is -2.04. The van der Waals surface area contributed by atoms with Crippen LogP contribution >= 0.6 is 0 Å². The molecule has 0 spiro atoms.